The Kier molecular flexibility index (Phi) is 18.5. The molecule has 0 heterocycles. The molecule has 278 valence electrons. The maximum absolute atomic E-state index is 13.8. The smallest absolute Gasteiger partial charge is 0.326 e. The number of ketones is 1. The Morgan fingerprint density at radius 1 is 0.700 bits per heavy atom. The molecule has 0 saturated heterocycles. The fourth-order valence-corrected chi connectivity index (χ4v) is 6.25. The van der Waals surface area contributed by atoms with Crippen LogP contribution in [-0.4, -0.2) is 52.5 Å². The number of rotatable bonds is 23. The Balaban J connectivity index is 2.11. The summed E-state index contributed by atoms with van der Waals surface area (Å²) in [7, 11) is 0. The molecule has 50 heavy (non-hydrogen) atoms. The molecule has 0 spiro atoms. The second-order valence-electron chi connectivity index (χ2n) is 14.9. The number of nitrogens with one attached hydrogen (secondary N) is 2. The molecule has 8 nitrogen and oxygen atoms in total. The van der Waals surface area contributed by atoms with E-state index in [0.717, 1.165) is 43.2 Å². The highest BCUT2D eigenvalue weighted by molar-refractivity contribution is 5.94. The van der Waals surface area contributed by atoms with Gasteiger partial charge < -0.3 is 20.5 Å². The molecule has 0 aromatic heterocycles. The minimum Gasteiger partial charge on any atom is -0.480 e. The minimum atomic E-state index is -1.09. The van der Waals surface area contributed by atoms with Crippen molar-refractivity contribution < 1.29 is 29.0 Å². The monoisotopic (exact) mass is 692 g/mol. The second-order valence-corrected chi connectivity index (χ2v) is 14.9. The molecule has 0 aliphatic carbocycles. The van der Waals surface area contributed by atoms with Crippen molar-refractivity contribution in [1.29, 1.82) is 0 Å². The van der Waals surface area contributed by atoms with Crippen molar-refractivity contribution >= 4 is 23.6 Å². The van der Waals surface area contributed by atoms with Gasteiger partial charge in [-0.3, -0.25) is 14.4 Å². The fourth-order valence-electron chi connectivity index (χ4n) is 6.25. The van der Waals surface area contributed by atoms with Crippen LogP contribution in [0.2, 0.25) is 0 Å². The van der Waals surface area contributed by atoms with Gasteiger partial charge in [-0.15, -0.1) is 0 Å². The lowest BCUT2D eigenvalue weighted by Crippen LogP contribution is -2.52. The van der Waals surface area contributed by atoms with E-state index in [1.165, 1.54) is 24.0 Å². The van der Waals surface area contributed by atoms with Crippen LogP contribution in [0, 0.1) is 11.8 Å². The van der Waals surface area contributed by atoms with E-state index < -0.39 is 41.6 Å². The lowest BCUT2D eigenvalue weighted by molar-refractivity contribution is -0.143. The molecule has 3 N–H and O–H groups in total. The molecule has 8 heteroatoms. The molecule has 2 amide bonds. The third-order valence-electron chi connectivity index (χ3n) is 9.17. The normalized spacial score (nSPS) is 14.6. The molecular weight excluding hydrogens is 628 g/mol. The van der Waals surface area contributed by atoms with Gasteiger partial charge in [-0.05, 0) is 88.5 Å². The number of hydrogen-bond acceptors (Lipinski definition) is 5. The van der Waals surface area contributed by atoms with Gasteiger partial charge >= 0.3 is 5.97 Å². The Morgan fingerprint density at radius 3 is 1.76 bits per heavy atom. The molecule has 0 saturated carbocycles. The quantitative estimate of drug-likeness (QED) is 0.101. The van der Waals surface area contributed by atoms with Crippen molar-refractivity contribution in [1.82, 2.24) is 10.6 Å². The van der Waals surface area contributed by atoms with Gasteiger partial charge in [0.1, 0.15) is 12.1 Å². The number of Topliss-reactive ketones (excluding diaryl/α,β-unsaturated/α-hetero) is 1. The first-order valence-electron chi connectivity index (χ1n) is 18.9. The first kappa shape index (κ1) is 42.6. The minimum absolute atomic E-state index is 0.151. The predicted molar refractivity (Wildman–Crippen MR) is 202 cm³/mol. The Labute approximate surface area is 301 Å². The van der Waals surface area contributed by atoms with Crippen molar-refractivity contribution in [3.05, 3.63) is 59.7 Å². The number of aryl methyl sites for hydroxylation is 2. The van der Waals surface area contributed by atoms with Crippen molar-refractivity contribution in [2.45, 2.75) is 156 Å². The van der Waals surface area contributed by atoms with E-state index in [-0.39, 0.29) is 24.0 Å². The van der Waals surface area contributed by atoms with Gasteiger partial charge in [-0.1, -0.05) is 108 Å². The molecule has 2 rings (SSSR count). The molecule has 2 aromatic rings. The van der Waals surface area contributed by atoms with Crippen LogP contribution in [0.1, 0.15) is 131 Å². The van der Waals surface area contributed by atoms with Crippen LogP contribution in [-0.2, 0) is 36.8 Å². The molecule has 0 fully saturated rings. The highest BCUT2D eigenvalue weighted by atomic mass is 16.5. The number of carboxylic acids is 1. The molecule has 2 aromatic carbocycles. The number of hydrogen-bond donors (Lipinski definition) is 3. The molecule has 0 aliphatic rings. The van der Waals surface area contributed by atoms with Crippen molar-refractivity contribution in [3.63, 3.8) is 0 Å². The highest BCUT2D eigenvalue weighted by Crippen LogP contribution is 2.24. The van der Waals surface area contributed by atoms with Crippen LogP contribution in [0.3, 0.4) is 0 Å². The number of aliphatic carboxylic acids is 1. The number of carbonyl (C=O) groups is 4. The fraction of sp³-hybridized carbons (Fsp3) is 0.619. The first-order valence-corrected chi connectivity index (χ1v) is 18.9. The average molecular weight is 693 g/mol. The summed E-state index contributed by atoms with van der Waals surface area (Å²) in [5.74, 6) is -3.17. The van der Waals surface area contributed by atoms with Crippen molar-refractivity contribution in [2.24, 2.45) is 11.8 Å². The third-order valence-corrected chi connectivity index (χ3v) is 9.17. The van der Waals surface area contributed by atoms with E-state index >= 15 is 0 Å². The number of carbonyl (C=O) groups excluding carboxylic acids is 3. The van der Waals surface area contributed by atoms with Crippen LogP contribution >= 0.6 is 0 Å². The second kappa shape index (κ2) is 21.6. The number of carboxylic acid groups (broad SMARTS) is 1. The Bertz CT molecular complexity index is 1330. The first-order chi connectivity index (χ1) is 23.7. The maximum atomic E-state index is 13.8. The average Bonchev–Trinajstić information content (AvgIpc) is 3.07. The van der Waals surface area contributed by atoms with E-state index in [4.69, 9.17) is 4.74 Å². The van der Waals surface area contributed by atoms with Gasteiger partial charge in [-0.2, -0.15) is 0 Å². The maximum Gasteiger partial charge on any atom is 0.326 e. The van der Waals surface area contributed by atoms with Crippen LogP contribution in [0.5, 0.6) is 0 Å². The summed E-state index contributed by atoms with van der Waals surface area (Å²) in [6, 6.07) is 15.3. The molecule has 0 aliphatic heterocycles. The number of unbranched alkanes of at least 4 members (excludes halogenated alkanes) is 3. The van der Waals surface area contributed by atoms with Crippen LogP contribution in [0.25, 0.3) is 11.1 Å². The lowest BCUT2D eigenvalue weighted by atomic mass is 9.91. The molecule has 5 atom stereocenters. The van der Waals surface area contributed by atoms with Gasteiger partial charge in [0.2, 0.25) is 11.8 Å². The zero-order valence-electron chi connectivity index (χ0n) is 32.0. The van der Waals surface area contributed by atoms with Crippen molar-refractivity contribution in [3.8, 4) is 11.1 Å². The Morgan fingerprint density at radius 2 is 1.26 bits per heavy atom. The van der Waals surface area contributed by atoms with Crippen LogP contribution in [0.4, 0.5) is 0 Å². The van der Waals surface area contributed by atoms with E-state index in [1.807, 2.05) is 34.6 Å². The lowest BCUT2D eigenvalue weighted by Gasteiger charge is -2.32. The summed E-state index contributed by atoms with van der Waals surface area (Å²) >= 11 is 0. The number of ether oxygens (including phenoxy) is 1. The van der Waals surface area contributed by atoms with Crippen LogP contribution in [0.15, 0.2) is 48.5 Å². The molecule has 0 unspecified atom stereocenters. The summed E-state index contributed by atoms with van der Waals surface area (Å²) in [4.78, 5) is 52.2. The third kappa shape index (κ3) is 15.2. The van der Waals surface area contributed by atoms with E-state index in [2.05, 4.69) is 66.1 Å². The highest BCUT2D eigenvalue weighted by Gasteiger charge is 2.34. The van der Waals surface area contributed by atoms with Gasteiger partial charge in [0, 0.05) is 18.3 Å². The zero-order valence-corrected chi connectivity index (χ0v) is 32.0. The van der Waals surface area contributed by atoms with Gasteiger partial charge in [-0.25, -0.2) is 4.79 Å². The van der Waals surface area contributed by atoms with Gasteiger partial charge in [0.05, 0.1) is 11.7 Å². The van der Waals surface area contributed by atoms with E-state index in [9.17, 15) is 24.3 Å². The predicted octanol–water partition coefficient (Wildman–Crippen LogP) is 8.48. The summed E-state index contributed by atoms with van der Waals surface area (Å²) in [5.41, 5.74) is 4.28. The molecule has 0 radical (unpaired) electrons. The topological polar surface area (TPSA) is 122 Å². The Hall–Kier alpha value is -3.52. The van der Waals surface area contributed by atoms with Gasteiger partial charge in [0.15, 0.2) is 5.78 Å². The van der Waals surface area contributed by atoms with E-state index in [1.54, 1.807) is 13.8 Å². The van der Waals surface area contributed by atoms with E-state index in [0.29, 0.717) is 25.7 Å². The van der Waals surface area contributed by atoms with Crippen LogP contribution < -0.4 is 10.6 Å². The number of amides is 2. The largest absolute Gasteiger partial charge is 0.480 e. The SMILES string of the molecule is CCCCC[C@H](NC(=O)[C@H](C)CC(=O)[C@@H](NC(=O)[C@H](CCC)CCc1ccc(-c2ccc(CCCC)cc2)cc1)[C@@H](C)OC(C)(C)C)C(=O)O. The van der Waals surface area contributed by atoms with Crippen molar-refractivity contribution in [2.75, 3.05) is 0 Å². The summed E-state index contributed by atoms with van der Waals surface area (Å²) in [5, 5.41) is 15.2. The summed E-state index contributed by atoms with van der Waals surface area (Å²) < 4.78 is 6.14. The zero-order chi connectivity index (χ0) is 37.3. The molecule has 0 bridgehead atoms. The molecular formula is C42H64N2O6. The summed E-state index contributed by atoms with van der Waals surface area (Å²) in [6.07, 6.45) is 8.38. The summed E-state index contributed by atoms with van der Waals surface area (Å²) in [6.45, 7) is 15.3. The van der Waals surface area contributed by atoms with Gasteiger partial charge in [0.25, 0.3) is 0 Å². The number of benzene rings is 2. The standard InChI is InChI=1S/C42H64N2O6/c1-9-12-14-17-36(41(48)49)43-39(46)29(4)28-37(45)38(30(5)50-42(6,7)8)44-40(47)35(15-11-3)27-22-32-20-25-34(26-21-32)33-23-18-31(19-24-33)16-13-10-2/h18-21,23-26,29-30,35-36,38H,9-17,22,27-28H2,1-8H3,(H,43,46)(H,44,47)(H,48,49)/t29-,30-,35-,36+,38+/m1/s1.